The molecule has 0 saturated carbocycles. The molecule has 0 bridgehead atoms. The lowest BCUT2D eigenvalue weighted by atomic mass is 10.0. The number of carboxylic acids is 1. The number of anilines is 1. The standard InChI is InChI=1S/C15H21FN2O3/c1-4-18(12-7-5-6-11(16)9-12)15(21)17-13(14(19)20)8-10(2)3/h5-7,9-10,13H,4,8H2,1-3H3,(H,17,21)(H,19,20). The van der Waals surface area contributed by atoms with Crippen molar-refractivity contribution in [2.24, 2.45) is 5.92 Å². The van der Waals surface area contributed by atoms with Crippen LogP contribution in [0.2, 0.25) is 0 Å². The molecule has 0 aromatic heterocycles. The number of benzene rings is 1. The third kappa shape index (κ3) is 5.06. The molecule has 6 heteroatoms. The largest absolute Gasteiger partial charge is 0.480 e. The van der Waals surface area contributed by atoms with E-state index in [1.165, 1.54) is 23.1 Å². The molecular formula is C15H21FN2O3. The molecule has 5 nitrogen and oxygen atoms in total. The van der Waals surface area contributed by atoms with Crippen LogP contribution in [0.1, 0.15) is 27.2 Å². The molecule has 1 atom stereocenters. The van der Waals surface area contributed by atoms with E-state index in [0.29, 0.717) is 18.7 Å². The maximum absolute atomic E-state index is 13.2. The molecule has 0 radical (unpaired) electrons. The van der Waals surface area contributed by atoms with Crippen molar-refractivity contribution in [3.05, 3.63) is 30.1 Å². The van der Waals surface area contributed by atoms with Gasteiger partial charge in [0.1, 0.15) is 11.9 Å². The number of carbonyl (C=O) groups excluding carboxylic acids is 1. The van der Waals surface area contributed by atoms with Crippen molar-refractivity contribution >= 4 is 17.7 Å². The Labute approximate surface area is 123 Å². The number of halogens is 1. The van der Waals surface area contributed by atoms with Crippen LogP contribution in [0, 0.1) is 11.7 Å². The molecule has 21 heavy (non-hydrogen) atoms. The van der Waals surface area contributed by atoms with Crippen LogP contribution < -0.4 is 10.2 Å². The minimum atomic E-state index is -1.08. The molecule has 0 saturated heterocycles. The van der Waals surface area contributed by atoms with Crippen molar-refractivity contribution in [3.63, 3.8) is 0 Å². The van der Waals surface area contributed by atoms with Gasteiger partial charge in [-0.15, -0.1) is 0 Å². The topological polar surface area (TPSA) is 69.6 Å². The smallest absolute Gasteiger partial charge is 0.326 e. The van der Waals surface area contributed by atoms with Gasteiger partial charge in [0.05, 0.1) is 0 Å². The first-order valence-corrected chi connectivity index (χ1v) is 6.91. The highest BCUT2D eigenvalue weighted by molar-refractivity contribution is 5.94. The number of carboxylic acid groups (broad SMARTS) is 1. The zero-order chi connectivity index (χ0) is 16.0. The Morgan fingerprint density at radius 2 is 2.05 bits per heavy atom. The van der Waals surface area contributed by atoms with Gasteiger partial charge in [0.2, 0.25) is 0 Å². The van der Waals surface area contributed by atoms with Crippen molar-refractivity contribution in [2.45, 2.75) is 33.2 Å². The van der Waals surface area contributed by atoms with E-state index in [0.717, 1.165) is 0 Å². The summed E-state index contributed by atoms with van der Waals surface area (Å²) in [6.07, 6.45) is 0.335. The Hall–Kier alpha value is -2.11. The van der Waals surface area contributed by atoms with Crippen LogP contribution in [0.5, 0.6) is 0 Å². The highest BCUT2D eigenvalue weighted by Gasteiger charge is 2.24. The fourth-order valence-electron chi connectivity index (χ4n) is 2.01. The van der Waals surface area contributed by atoms with Crippen molar-refractivity contribution in [1.82, 2.24) is 5.32 Å². The molecule has 1 rings (SSSR count). The molecule has 1 aromatic rings. The van der Waals surface area contributed by atoms with Gasteiger partial charge in [-0.05, 0) is 37.5 Å². The molecule has 0 spiro atoms. The molecule has 0 fully saturated rings. The summed E-state index contributed by atoms with van der Waals surface area (Å²) in [6, 6.07) is 4.12. The van der Waals surface area contributed by atoms with E-state index in [1.807, 2.05) is 13.8 Å². The Bertz CT molecular complexity index is 505. The quantitative estimate of drug-likeness (QED) is 0.848. The van der Waals surface area contributed by atoms with Crippen LogP contribution in [0.3, 0.4) is 0 Å². The fraction of sp³-hybridized carbons (Fsp3) is 0.467. The van der Waals surface area contributed by atoms with Gasteiger partial charge in [0, 0.05) is 12.2 Å². The van der Waals surface area contributed by atoms with E-state index < -0.39 is 23.9 Å². The molecule has 0 aliphatic rings. The Morgan fingerprint density at radius 3 is 2.52 bits per heavy atom. The van der Waals surface area contributed by atoms with Crippen molar-refractivity contribution in [1.29, 1.82) is 0 Å². The number of nitrogens with one attached hydrogen (secondary N) is 1. The van der Waals surface area contributed by atoms with Crippen LogP contribution in [0.15, 0.2) is 24.3 Å². The Morgan fingerprint density at radius 1 is 1.38 bits per heavy atom. The van der Waals surface area contributed by atoms with Gasteiger partial charge >= 0.3 is 12.0 Å². The summed E-state index contributed by atoms with van der Waals surface area (Å²) in [5, 5.41) is 11.6. The zero-order valence-corrected chi connectivity index (χ0v) is 12.5. The summed E-state index contributed by atoms with van der Waals surface area (Å²) >= 11 is 0. The predicted molar refractivity (Wildman–Crippen MR) is 78.8 cm³/mol. The second-order valence-electron chi connectivity index (χ2n) is 5.19. The monoisotopic (exact) mass is 296 g/mol. The number of hydrogen-bond acceptors (Lipinski definition) is 2. The van der Waals surface area contributed by atoms with Gasteiger partial charge in [0.25, 0.3) is 0 Å². The van der Waals surface area contributed by atoms with Crippen molar-refractivity contribution < 1.29 is 19.1 Å². The Balaban J connectivity index is 2.85. The molecule has 0 aliphatic heterocycles. The van der Waals surface area contributed by atoms with Crippen LogP contribution >= 0.6 is 0 Å². The van der Waals surface area contributed by atoms with Gasteiger partial charge in [0.15, 0.2) is 0 Å². The minimum absolute atomic E-state index is 0.135. The lowest BCUT2D eigenvalue weighted by molar-refractivity contribution is -0.139. The summed E-state index contributed by atoms with van der Waals surface area (Å²) in [5.41, 5.74) is 0.392. The summed E-state index contributed by atoms with van der Waals surface area (Å²) in [4.78, 5) is 24.7. The summed E-state index contributed by atoms with van der Waals surface area (Å²) < 4.78 is 13.2. The van der Waals surface area contributed by atoms with Crippen LogP contribution in [-0.2, 0) is 4.79 Å². The molecule has 1 aromatic carbocycles. The average Bonchev–Trinajstić information content (AvgIpc) is 2.38. The van der Waals surface area contributed by atoms with Crippen LogP contribution in [0.4, 0.5) is 14.9 Å². The lowest BCUT2D eigenvalue weighted by Crippen LogP contribution is -2.48. The van der Waals surface area contributed by atoms with E-state index in [4.69, 9.17) is 5.11 Å². The summed E-state index contributed by atoms with van der Waals surface area (Å²) in [6.45, 7) is 5.81. The molecule has 2 N–H and O–H groups in total. The number of hydrogen-bond donors (Lipinski definition) is 2. The highest BCUT2D eigenvalue weighted by atomic mass is 19.1. The molecule has 116 valence electrons. The maximum Gasteiger partial charge on any atom is 0.326 e. The first kappa shape index (κ1) is 16.9. The minimum Gasteiger partial charge on any atom is -0.480 e. The number of aliphatic carboxylic acids is 1. The van der Waals surface area contributed by atoms with E-state index in [-0.39, 0.29) is 5.92 Å². The fourth-order valence-corrected chi connectivity index (χ4v) is 2.01. The molecule has 2 amide bonds. The number of nitrogens with zero attached hydrogens (tertiary/aromatic N) is 1. The number of amides is 2. The summed E-state index contributed by atoms with van der Waals surface area (Å²) in [5.74, 6) is -1.39. The van der Waals surface area contributed by atoms with Crippen molar-refractivity contribution in [3.8, 4) is 0 Å². The highest BCUT2D eigenvalue weighted by Crippen LogP contribution is 2.16. The van der Waals surface area contributed by atoms with E-state index >= 15 is 0 Å². The maximum atomic E-state index is 13.2. The molecule has 0 heterocycles. The van der Waals surface area contributed by atoms with E-state index in [9.17, 15) is 14.0 Å². The number of carbonyl (C=O) groups is 2. The van der Waals surface area contributed by atoms with Gasteiger partial charge in [-0.25, -0.2) is 14.0 Å². The van der Waals surface area contributed by atoms with Crippen LogP contribution in [0.25, 0.3) is 0 Å². The number of rotatable bonds is 6. The SMILES string of the molecule is CCN(C(=O)NC(CC(C)C)C(=O)O)c1cccc(F)c1. The van der Waals surface area contributed by atoms with E-state index in [1.54, 1.807) is 13.0 Å². The van der Waals surface area contributed by atoms with E-state index in [2.05, 4.69) is 5.32 Å². The lowest BCUT2D eigenvalue weighted by Gasteiger charge is -2.24. The van der Waals surface area contributed by atoms with Gasteiger partial charge in [-0.2, -0.15) is 0 Å². The van der Waals surface area contributed by atoms with Gasteiger partial charge in [-0.3, -0.25) is 4.90 Å². The molecular weight excluding hydrogens is 275 g/mol. The first-order valence-electron chi connectivity index (χ1n) is 6.91. The first-order chi connectivity index (χ1) is 9.85. The normalized spacial score (nSPS) is 12.0. The van der Waals surface area contributed by atoms with Gasteiger partial charge < -0.3 is 10.4 Å². The van der Waals surface area contributed by atoms with Gasteiger partial charge in [-0.1, -0.05) is 19.9 Å². The number of urea groups is 1. The molecule has 1 unspecified atom stereocenters. The second kappa shape index (κ2) is 7.61. The Kier molecular flexibility index (Phi) is 6.14. The summed E-state index contributed by atoms with van der Waals surface area (Å²) in [7, 11) is 0. The van der Waals surface area contributed by atoms with Crippen LogP contribution in [-0.4, -0.2) is 29.7 Å². The zero-order valence-electron chi connectivity index (χ0n) is 12.5. The third-order valence-corrected chi connectivity index (χ3v) is 2.98. The second-order valence-corrected chi connectivity index (χ2v) is 5.19. The predicted octanol–water partition coefficient (Wildman–Crippen LogP) is 2.86. The molecule has 0 aliphatic carbocycles. The average molecular weight is 296 g/mol. The third-order valence-electron chi connectivity index (χ3n) is 2.98. The van der Waals surface area contributed by atoms with Crippen molar-refractivity contribution in [2.75, 3.05) is 11.4 Å².